The van der Waals surface area contributed by atoms with Crippen molar-refractivity contribution in [2.75, 3.05) is 0 Å². The highest BCUT2D eigenvalue weighted by Crippen LogP contribution is 2.23. The van der Waals surface area contributed by atoms with Crippen LogP contribution in [0.15, 0.2) is 21.6 Å². The summed E-state index contributed by atoms with van der Waals surface area (Å²) in [5.74, 6) is -0.269. The molecule has 4 heteroatoms. The third kappa shape index (κ3) is 1.38. The number of allylic oxidation sites excluding steroid dienone is 2. The van der Waals surface area contributed by atoms with Gasteiger partial charge in [-0.05, 0) is 28.7 Å². The molecule has 0 aromatic carbocycles. The number of nitrogens with two attached hydrogens (primary N) is 2. The van der Waals surface area contributed by atoms with Gasteiger partial charge in [0.1, 0.15) is 5.83 Å². The van der Waals surface area contributed by atoms with E-state index in [9.17, 15) is 4.39 Å². The summed E-state index contributed by atoms with van der Waals surface area (Å²) in [5.41, 5.74) is 11.0. The summed E-state index contributed by atoms with van der Waals surface area (Å²) in [5, 5.41) is 0. The average Bonchev–Trinajstić information content (AvgIpc) is 1.93. The first kappa shape index (κ1) is 8.16. The van der Waals surface area contributed by atoms with E-state index >= 15 is 0 Å². The van der Waals surface area contributed by atoms with Crippen LogP contribution in [0.2, 0.25) is 0 Å². The van der Waals surface area contributed by atoms with E-state index in [-0.39, 0.29) is 17.9 Å². The molecule has 0 heterocycles. The predicted molar refractivity (Wildman–Crippen MR) is 47.2 cm³/mol. The van der Waals surface area contributed by atoms with Crippen LogP contribution < -0.4 is 11.5 Å². The second kappa shape index (κ2) is 2.98. The SMILES string of the molecule is NC1C=CC(F)=C(I)C1N. The van der Waals surface area contributed by atoms with Crippen LogP contribution >= 0.6 is 22.6 Å². The van der Waals surface area contributed by atoms with E-state index in [4.69, 9.17) is 11.5 Å². The van der Waals surface area contributed by atoms with Crippen molar-refractivity contribution < 1.29 is 4.39 Å². The lowest BCUT2D eigenvalue weighted by Crippen LogP contribution is -2.41. The highest BCUT2D eigenvalue weighted by molar-refractivity contribution is 14.1. The summed E-state index contributed by atoms with van der Waals surface area (Å²) in [4.78, 5) is 0. The van der Waals surface area contributed by atoms with Crippen LogP contribution in [0.4, 0.5) is 4.39 Å². The van der Waals surface area contributed by atoms with Crippen LogP contribution in [0.3, 0.4) is 0 Å². The molecule has 0 radical (unpaired) electrons. The maximum Gasteiger partial charge on any atom is 0.133 e. The molecule has 0 aliphatic heterocycles. The van der Waals surface area contributed by atoms with E-state index in [1.165, 1.54) is 6.08 Å². The minimum atomic E-state index is -0.370. The van der Waals surface area contributed by atoms with Crippen LogP contribution in [-0.4, -0.2) is 12.1 Å². The lowest BCUT2D eigenvalue weighted by atomic mass is 10.0. The molecule has 2 nitrogen and oxygen atoms in total. The lowest BCUT2D eigenvalue weighted by molar-refractivity contribution is 0.608. The van der Waals surface area contributed by atoms with E-state index in [1.54, 1.807) is 6.08 Å². The summed E-state index contributed by atoms with van der Waals surface area (Å²) >= 11 is 1.87. The van der Waals surface area contributed by atoms with E-state index < -0.39 is 0 Å². The Hall–Kier alpha value is 0.0600. The molecule has 0 amide bonds. The molecule has 0 fully saturated rings. The number of halogens is 2. The third-order valence-electron chi connectivity index (χ3n) is 1.40. The Morgan fingerprint density at radius 3 is 2.60 bits per heavy atom. The summed E-state index contributed by atoms with van der Waals surface area (Å²) in [6, 6.07) is -0.614. The highest BCUT2D eigenvalue weighted by Gasteiger charge is 2.20. The Balaban J connectivity index is 2.88. The normalized spacial score (nSPS) is 33.2. The largest absolute Gasteiger partial charge is 0.323 e. The molecule has 0 spiro atoms. The summed E-state index contributed by atoms with van der Waals surface area (Å²) in [6.07, 6.45) is 2.93. The molecule has 0 aromatic rings. The van der Waals surface area contributed by atoms with E-state index in [0.717, 1.165) is 0 Å². The van der Waals surface area contributed by atoms with Gasteiger partial charge in [-0.1, -0.05) is 6.08 Å². The molecule has 2 unspecified atom stereocenters. The van der Waals surface area contributed by atoms with Crippen LogP contribution in [0.1, 0.15) is 0 Å². The number of hydrogen-bond donors (Lipinski definition) is 2. The molecular formula is C6H8FIN2. The van der Waals surface area contributed by atoms with Crippen molar-refractivity contribution in [3.63, 3.8) is 0 Å². The van der Waals surface area contributed by atoms with Crippen molar-refractivity contribution in [2.45, 2.75) is 12.1 Å². The first-order valence-electron chi connectivity index (χ1n) is 2.87. The van der Waals surface area contributed by atoms with Crippen molar-refractivity contribution in [1.29, 1.82) is 0 Å². The fourth-order valence-electron chi connectivity index (χ4n) is 0.723. The Morgan fingerprint density at radius 2 is 2.10 bits per heavy atom. The summed E-state index contributed by atoms with van der Waals surface area (Å²) in [6.45, 7) is 0. The smallest absolute Gasteiger partial charge is 0.133 e. The lowest BCUT2D eigenvalue weighted by Gasteiger charge is -2.19. The van der Waals surface area contributed by atoms with Gasteiger partial charge in [-0.2, -0.15) is 0 Å². The topological polar surface area (TPSA) is 52.0 Å². The zero-order valence-electron chi connectivity index (χ0n) is 5.22. The van der Waals surface area contributed by atoms with Gasteiger partial charge < -0.3 is 11.5 Å². The van der Waals surface area contributed by atoms with E-state index in [2.05, 4.69) is 0 Å². The molecule has 1 aliphatic carbocycles. The monoisotopic (exact) mass is 254 g/mol. The second-order valence-electron chi connectivity index (χ2n) is 2.16. The predicted octanol–water partition coefficient (Wildman–Crippen LogP) is 0.827. The zero-order valence-corrected chi connectivity index (χ0v) is 7.38. The Bertz CT molecular complexity index is 200. The summed E-state index contributed by atoms with van der Waals surface area (Å²) in [7, 11) is 0. The minimum Gasteiger partial charge on any atom is -0.323 e. The standard InChI is InChI=1S/C6H8FIN2/c7-3-1-2-4(9)6(10)5(3)8/h1-2,4,6H,9-10H2. The van der Waals surface area contributed by atoms with Gasteiger partial charge in [-0.15, -0.1) is 0 Å². The van der Waals surface area contributed by atoms with Gasteiger partial charge in [0.15, 0.2) is 0 Å². The zero-order chi connectivity index (χ0) is 7.72. The van der Waals surface area contributed by atoms with Gasteiger partial charge in [0.25, 0.3) is 0 Å². The van der Waals surface area contributed by atoms with Gasteiger partial charge >= 0.3 is 0 Å². The molecule has 0 bridgehead atoms. The quantitative estimate of drug-likeness (QED) is 0.629. The maximum absolute atomic E-state index is 12.7. The Kier molecular flexibility index (Phi) is 2.43. The van der Waals surface area contributed by atoms with Crippen molar-refractivity contribution in [3.8, 4) is 0 Å². The van der Waals surface area contributed by atoms with Crippen molar-refractivity contribution >= 4 is 22.6 Å². The van der Waals surface area contributed by atoms with Crippen LogP contribution in [0, 0.1) is 0 Å². The van der Waals surface area contributed by atoms with Crippen molar-refractivity contribution in [3.05, 3.63) is 21.6 Å². The minimum absolute atomic E-state index is 0.244. The molecule has 1 rings (SSSR count). The Labute approximate surface area is 72.3 Å². The van der Waals surface area contributed by atoms with Gasteiger partial charge in [-0.25, -0.2) is 4.39 Å². The number of hydrogen-bond acceptors (Lipinski definition) is 2. The van der Waals surface area contributed by atoms with Gasteiger partial charge in [0.05, 0.1) is 6.04 Å². The van der Waals surface area contributed by atoms with Gasteiger partial charge in [0, 0.05) is 9.62 Å². The van der Waals surface area contributed by atoms with Crippen LogP contribution in [0.25, 0.3) is 0 Å². The highest BCUT2D eigenvalue weighted by atomic mass is 127. The molecule has 0 saturated carbocycles. The maximum atomic E-state index is 12.7. The molecule has 10 heavy (non-hydrogen) atoms. The van der Waals surface area contributed by atoms with Gasteiger partial charge in [-0.3, -0.25) is 0 Å². The van der Waals surface area contributed by atoms with E-state index in [0.29, 0.717) is 3.58 Å². The van der Waals surface area contributed by atoms with Gasteiger partial charge in [0.2, 0.25) is 0 Å². The van der Waals surface area contributed by atoms with Crippen molar-refractivity contribution in [1.82, 2.24) is 0 Å². The van der Waals surface area contributed by atoms with Crippen LogP contribution in [0.5, 0.6) is 0 Å². The number of rotatable bonds is 0. The molecule has 4 N–H and O–H groups in total. The second-order valence-corrected chi connectivity index (χ2v) is 3.32. The van der Waals surface area contributed by atoms with Crippen molar-refractivity contribution in [2.24, 2.45) is 11.5 Å². The van der Waals surface area contributed by atoms with Crippen LogP contribution in [-0.2, 0) is 0 Å². The molecule has 1 aliphatic rings. The first-order valence-corrected chi connectivity index (χ1v) is 3.95. The fraction of sp³-hybridized carbons (Fsp3) is 0.333. The molecule has 0 aromatic heterocycles. The summed E-state index contributed by atoms with van der Waals surface area (Å²) < 4.78 is 13.2. The molecule has 0 saturated heterocycles. The first-order chi connectivity index (χ1) is 4.63. The third-order valence-corrected chi connectivity index (χ3v) is 2.63. The van der Waals surface area contributed by atoms with E-state index in [1.807, 2.05) is 22.6 Å². The average molecular weight is 254 g/mol. The Morgan fingerprint density at radius 1 is 1.50 bits per heavy atom. The molecular weight excluding hydrogens is 246 g/mol. The fourth-order valence-corrected chi connectivity index (χ4v) is 1.32. The molecule has 56 valence electrons. The molecule has 2 atom stereocenters.